The normalized spacial score (nSPS) is 11.2. The molecule has 4 aromatic rings. The maximum Gasteiger partial charge on any atom is 0.263 e. The summed E-state index contributed by atoms with van der Waals surface area (Å²) in [6.45, 7) is 4.21. The second kappa shape index (κ2) is 5.72. The van der Waals surface area contributed by atoms with Crippen LogP contribution in [0.25, 0.3) is 21.3 Å². The van der Waals surface area contributed by atoms with Gasteiger partial charge in [-0.25, -0.2) is 4.98 Å². The molecule has 0 unspecified atom stereocenters. The topological polar surface area (TPSA) is 60.9 Å². The SMILES string of the molecule is Cc1cc(Cn2cnc3sc(C)c(-c4ccccc4)c3c2=O)no1. The molecule has 0 fully saturated rings. The molecule has 120 valence electrons. The van der Waals surface area contributed by atoms with Crippen LogP contribution < -0.4 is 5.56 Å². The Morgan fingerprint density at radius 2 is 2.00 bits per heavy atom. The van der Waals surface area contributed by atoms with Gasteiger partial charge >= 0.3 is 0 Å². The Balaban J connectivity index is 1.90. The van der Waals surface area contributed by atoms with Crippen LogP contribution in [0, 0.1) is 13.8 Å². The monoisotopic (exact) mass is 337 g/mol. The van der Waals surface area contributed by atoms with Crippen LogP contribution in [-0.4, -0.2) is 14.7 Å². The highest BCUT2D eigenvalue weighted by atomic mass is 32.1. The van der Waals surface area contributed by atoms with Crippen molar-refractivity contribution < 1.29 is 4.52 Å². The Kier molecular flexibility index (Phi) is 3.54. The lowest BCUT2D eigenvalue weighted by Crippen LogP contribution is -2.21. The lowest BCUT2D eigenvalue weighted by molar-refractivity contribution is 0.388. The van der Waals surface area contributed by atoms with Gasteiger partial charge in [-0.05, 0) is 19.4 Å². The number of hydrogen-bond acceptors (Lipinski definition) is 5. The van der Waals surface area contributed by atoms with Gasteiger partial charge in [-0.2, -0.15) is 0 Å². The standard InChI is InChI=1S/C18H15N3O2S/c1-11-8-14(20-23-11)9-21-10-19-17-16(18(21)22)15(12(2)24-17)13-6-4-3-5-7-13/h3-8,10H,9H2,1-2H3. The molecule has 1 aromatic carbocycles. The molecule has 24 heavy (non-hydrogen) atoms. The highest BCUT2D eigenvalue weighted by Crippen LogP contribution is 2.35. The van der Waals surface area contributed by atoms with Crippen molar-refractivity contribution in [2.75, 3.05) is 0 Å². The van der Waals surface area contributed by atoms with E-state index in [0.717, 1.165) is 26.6 Å². The summed E-state index contributed by atoms with van der Waals surface area (Å²) >= 11 is 1.55. The second-order valence-corrected chi connectivity index (χ2v) is 6.89. The van der Waals surface area contributed by atoms with E-state index in [2.05, 4.69) is 10.1 Å². The number of rotatable bonds is 3. The van der Waals surface area contributed by atoms with E-state index < -0.39 is 0 Å². The first kappa shape index (κ1) is 14.8. The predicted molar refractivity (Wildman–Crippen MR) is 94.4 cm³/mol. The molecule has 0 amide bonds. The van der Waals surface area contributed by atoms with Crippen LogP contribution in [0.3, 0.4) is 0 Å². The van der Waals surface area contributed by atoms with Gasteiger partial charge in [0.25, 0.3) is 5.56 Å². The summed E-state index contributed by atoms with van der Waals surface area (Å²) in [5.74, 6) is 0.725. The molecule has 6 heteroatoms. The van der Waals surface area contributed by atoms with E-state index in [-0.39, 0.29) is 5.56 Å². The van der Waals surface area contributed by atoms with Crippen molar-refractivity contribution in [2.24, 2.45) is 0 Å². The number of benzene rings is 1. The van der Waals surface area contributed by atoms with Crippen molar-refractivity contribution in [3.63, 3.8) is 0 Å². The summed E-state index contributed by atoms with van der Waals surface area (Å²) in [7, 11) is 0. The van der Waals surface area contributed by atoms with Crippen LogP contribution in [0.1, 0.15) is 16.3 Å². The van der Waals surface area contributed by atoms with Gasteiger partial charge < -0.3 is 4.52 Å². The number of aryl methyl sites for hydroxylation is 2. The van der Waals surface area contributed by atoms with Gasteiger partial charge in [0.15, 0.2) is 0 Å². The zero-order valence-corrected chi connectivity index (χ0v) is 14.1. The Morgan fingerprint density at radius 3 is 2.71 bits per heavy atom. The third kappa shape index (κ3) is 2.45. The van der Waals surface area contributed by atoms with Gasteiger partial charge in [0.1, 0.15) is 16.3 Å². The van der Waals surface area contributed by atoms with E-state index in [0.29, 0.717) is 17.6 Å². The average molecular weight is 337 g/mol. The van der Waals surface area contributed by atoms with Crippen molar-refractivity contribution in [3.8, 4) is 11.1 Å². The minimum atomic E-state index is -0.0520. The fourth-order valence-corrected chi connectivity index (χ4v) is 3.87. The molecule has 3 heterocycles. The molecule has 0 radical (unpaired) electrons. The second-order valence-electron chi connectivity index (χ2n) is 5.69. The number of fused-ring (bicyclic) bond motifs is 1. The predicted octanol–water partition coefficient (Wildman–Crippen LogP) is 3.78. The Hall–Kier alpha value is -2.73. The van der Waals surface area contributed by atoms with E-state index >= 15 is 0 Å². The molecule has 0 saturated heterocycles. The largest absolute Gasteiger partial charge is 0.361 e. The summed E-state index contributed by atoms with van der Waals surface area (Å²) in [5.41, 5.74) is 2.67. The molecular formula is C18H15N3O2S. The number of thiophene rings is 1. The van der Waals surface area contributed by atoms with Gasteiger partial charge in [-0.1, -0.05) is 35.5 Å². The van der Waals surface area contributed by atoms with Crippen LogP contribution in [-0.2, 0) is 6.54 Å². The van der Waals surface area contributed by atoms with E-state index in [1.807, 2.05) is 50.2 Å². The quantitative estimate of drug-likeness (QED) is 0.571. The third-order valence-electron chi connectivity index (χ3n) is 3.93. The molecule has 4 rings (SSSR count). The minimum Gasteiger partial charge on any atom is -0.361 e. The highest BCUT2D eigenvalue weighted by molar-refractivity contribution is 7.19. The molecule has 0 aliphatic rings. The zero-order chi connectivity index (χ0) is 16.7. The molecule has 0 aliphatic heterocycles. The highest BCUT2D eigenvalue weighted by Gasteiger charge is 2.17. The van der Waals surface area contributed by atoms with Crippen LogP contribution in [0.2, 0.25) is 0 Å². The maximum atomic E-state index is 13.0. The first-order chi connectivity index (χ1) is 11.6. The summed E-state index contributed by atoms with van der Waals surface area (Å²) in [6, 6.07) is 11.8. The summed E-state index contributed by atoms with van der Waals surface area (Å²) in [6.07, 6.45) is 1.58. The van der Waals surface area contributed by atoms with Crippen LogP contribution in [0.4, 0.5) is 0 Å². The molecule has 5 nitrogen and oxygen atoms in total. The Labute approximate surface area is 142 Å². The van der Waals surface area contributed by atoms with Crippen molar-refractivity contribution >= 4 is 21.6 Å². The Bertz CT molecular complexity index is 1080. The molecule has 0 atom stereocenters. The molecule has 0 N–H and O–H groups in total. The lowest BCUT2D eigenvalue weighted by Gasteiger charge is -2.04. The minimum absolute atomic E-state index is 0.0520. The first-order valence-electron chi connectivity index (χ1n) is 7.59. The number of aromatic nitrogens is 3. The van der Waals surface area contributed by atoms with Crippen molar-refractivity contribution in [3.05, 3.63) is 69.4 Å². The fourth-order valence-electron chi connectivity index (χ4n) is 2.87. The van der Waals surface area contributed by atoms with Gasteiger partial charge in [-0.3, -0.25) is 9.36 Å². The van der Waals surface area contributed by atoms with E-state index in [4.69, 9.17) is 4.52 Å². The molecule has 0 aliphatic carbocycles. The van der Waals surface area contributed by atoms with E-state index in [9.17, 15) is 4.79 Å². The number of nitrogens with zero attached hydrogens (tertiary/aromatic N) is 3. The summed E-state index contributed by atoms with van der Waals surface area (Å²) in [5, 5.41) is 4.63. The van der Waals surface area contributed by atoms with E-state index in [1.165, 1.54) is 0 Å². The average Bonchev–Trinajstić information content (AvgIpc) is 3.14. The van der Waals surface area contributed by atoms with Gasteiger partial charge in [0.2, 0.25) is 0 Å². The lowest BCUT2D eigenvalue weighted by atomic mass is 10.0. The van der Waals surface area contributed by atoms with Gasteiger partial charge in [-0.15, -0.1) is 11.3 Å². The van der Waals surface area contributed by atoms with E-state index in [1.54, 1.807) is 22.2 Å². The zero-order valence-electron chi connectivity index (χ0n) is 13.3. The molecule has 3 aromatic heterocycles. The van der Waals surface area contributed by atoms with Crippen LogP contribution in [0.15, 0.2) is 52.0 Å². The van der Waals surface area contributed by atoms with Crippen LogP contribution >= 0.6 is 11.3 Å². The molecule has 0 bridgehead atoms. The molecule has 0 spiro atoms. The summed E-state index contributed by atoms with van der Waals surface area (Å²) < 4.78 is 6.66. The number of hydrogen-bond donors (Lipinski definition) is 0. The van der Waals surface area contributed by atoms with Gasteiger partial charge in [0, 0.05) is 16.5 Å². The van der Waals surface area contributed by atoms with Crippen molar-refractivity contribution in [1.29, 1.82) is 0 Å². The molecule has 0 saturated carbocycles. The fraction of sp³-hybridized carbons (Fsp3) is 0.167. The third-order valence-corrected chi connectivity index (χ3v) is 4.94. The Morgan fingerprint density at radius 1 is 1.21 bits per heavy atom. The van der Waals surface area contributed by atoms with Crippen molar-refractivity contribution in [1.82, 2.24) is 14.7 Å². The van der Waals surface area contributed by atoms with Gasteiger partial charge in [0.05, 0.1) is 18.3 Å². The van der Waals surface area contributed by atoms with Crippen LogP contribution in [0.5, 0.6) is 0 Å². The van der Waals surface area contributed by atoms with Crippen molar-refractivity contribution in [2.45, 2.75) is 20.4 Å². The first-order valence-corrected chi connectivity index (χ1v) is 8.41. The summed E-state index contributed by atoms with van der Waals surface area (Å²) in [4.78, 5) is 19.4. The smallest absolute Gasteiger partial charge is 0.263 e. The molecular weight excluding hydrogens is 322 g/mol. The maximum absolute atomic E-state index is 13.0.